The van der Waals surface area contributed by atoms with Crippen molar-refractivity contribution in [3.8, 4) is 34.2 Å². The zero-order valence-corrected chi connectivity index (χ0v) is 17.7. The van der Waals surface area contributed by atoms with Crippen LogP contribution in [0, 0.1) is 11.3 Å². The molecule has 1 fully saturated rings. The molecule has 4 rings (SSSR count). The maximum Gasteiger partial charge on any atom is 0.118 e. The molecule has 1 aliphatic carbocycles. The molecule has 1 aliphatic rings. The summed E-state index contributed by atoms with van der Waals surface area (Å²) in [6.07, 6.45) is 3.54. The van der Waals surface area contributed by atoms with Crippen LogP contribution in [0.4, 0.5) is 0 Å². The predicted octanol–water partition coefficient (Wildman–Crippen LogP) is 5.69. The first-order chi connectivity index (χ1) is 14.7. The number of nitrogens with zero attached hydrogens (tertiary/aromatic N) is 2. The fourth-order valence-corrected chi connectivity index (χ4v) is 5.12. The Hall–Kier alpha value is -2.81. The molecule has 3 aromatic rings. The molecule has 1 N–H and O–H groups in total. The summed E-state index contributed by atoms with van der Waals surface area (Å²) in [5, 5.41) is 21.2. The lowest BCUT2D eigenvalue weighted by molar-refractivity contribution is 0.137. The SMILES string of the molecule is COc1ccc(-c2cc(-c3ccccc3)c(C#N)c(S[C@@H]3CCCC[C@@H]3O)n2)cc1. The topological polar surface area (TPSA) is 66.1 Å². The van der Waals surface area contributed by atoms with Crippen molar-refractivity contribution in [1.82, 2.24) is 4.98 Å². The van der Waals surface area contributed by atoms with E-state index in [4.69, 9.17) is 9.72 Å². The third kappa shape index (κ3) is 4.35. The van der Waals surface area contributed by atoms with Crippen molar-refractivity contribution in [3.63, 3.8) is 0 Å². The van der Waals surface area contributed by atoms with Crippen molar-refractivity contribution in [3.05, 3.63) is 66.2 Å². The first-order valence-corrected chi connectivity index (χ1v) is 11.1. The van der Waals surface area contributed by atoms with Crippen LogP contribution in [0.25, 0.3) is 22.4 Å². The van der Waals surface area contributed by atoms with Gasteiger partial charge >= 0.3 is 0 Å². The Morgan fingerprint density at radius 3 is 2.43 bits per heavy atom. The smallest absolute Gasteiger partial charge is 0.118 e. The van der Waals surface area contributed by atoms with E-state index in [-0.39, 0.29) is 11.4 Å². The molecule has 5 heteroatoms. The van der Waals surface area contributed by atoms with Crippen LogP contribution in [0.3, 0.4) is 0 Å². The second kappa shape index (κ2) is 9.34. The van der Waals surface area contributed by atoms with Crippen LogP contribution in [-0.4, -0.2) is 28.6 Å². The number of aliphatic hydroxyl groups excluding tert-OH is 1. The van der Waals surface area contributed by atoms with Crippen LogP contribution >= 0.6 is 11.8 Å². The van der Waals surface area contributed by atoms with Crippen LogP contribution in [0.1, 0.15) is 31.2 Å². The Morgan fingerprint density at radius 1 is 1.03 bits per heavy atom. The minimum Gasteiger partial charge on any atom is -0.497 e. The van der Waals surface area contributed by atoms with E-state index in [1.807, 2.05) is 60.7 Å². The number of benzene rings is 2. The quantitative estimate of drug-likeness (QED) is 0.579. The number of rotatable bonds is 5. The van der Waals surface area contributed by atoms with E-state index >= 15 is 0 Å². The molecule has 0 saturated heterocycles. The largest absolute Gasteiger partial charge is 0.497 e. The third-order valence-corrected chi connectivity index (χ3v) is 6.87. The fraction of sp³-hybridized carbons (Fsp3) is 0.280. The Morgan fingerprint density at radius 2 is 1.77 bits per heavy atom. The molecule has 2 aromatic carbocycles. The lowest BCUT2D eigenvalue weighted by atomic mass is 9.97. The molecule has 1 aromatic heterocycles. The van der Waals surface area contributed by atoms with E-state index in [0.29, 0.717) is 10.6 Å². The summed E-state index contributed by atoms with van der Waals surface area (Å²) in [6.45, 7) is 0. The van der Waals surface area contributed by atoms with Gasteiger partial charge in [0.1, 0.15) is 16.8 Å². The van der Waals surface area contributed by atoms with Gasteiger partial charge in [-0.15, -0.1) is 0 Å². The number of pyridine rings is 1. The van der Waals surface area contributed by atoms with E-state index in [2.05, 4.69) is 6.07 Å². The standard InChI is InChI=1S/C25H24N2O2S/c1-29-19-13-11-18(12-14-19)22-15-20(17-7-3-2-4-8-17)21(16-26)25(27-22)30-24-10-6-5-9-23(24)28/h2-4,7-8,11-15,23-24,28H,5-6,9-10H2,1H3/t23-,24+/m0/s1. The number of aliphatic hydroxyl groups is 1. The zero-order chi connectivity index (χ0) is 20.9. The molecular formula is C25H24N2O2S. The van der Waals surface area contributed by atoms with E-state index < -0.39 is 0 Å². The summed E-state index contributed by atoms with van der Waals surface area (Å²) < 4.78 is 5.28. The molecule has 30 heavy (non-hydrogen) atoms. The third-order valence-electron chi connectivity index (χ3n) is 5.50. The van der Waals surface area contributed by atoms with Gasteiger partial charge in [-0.05, 0) is 48.7 Å². The lowest BCUT2D eigenvalue weighted by Gasteiger charge is -2.27. The van der Waals surface area contributed by atoms with Gasteiger partial charge in [-0.1, -0.05) is 54.9 Å². The molecule has 1 heterocycles. The average Bonchev–Trinajstić information content (AvgIpc) is 2.80. The van der Waals surface area contributed by atoms with Gasteiger partial charge in [0.2, 0.25) is 0 Å². The lowest BCUT2D eigenvalue weighted by Crippen LogP contribution is -2.27. The van der Waals surface area contributed by atoms with Gasteiger partial charge in [-0.25, -0.2) is 4.98 Å². The number of aromatic nitrogens is 1. The Labute approximate surface area is 181 Å². The molecule has 0 aliphatic heterocycles. The molecule has 0 radical (unpaired) electrons. The molecular weight excluding hydrogens is 392 g/mol. The molecule has 0 unspecified atom stereocenters. The van der Waals surface area contributed by atoms with Crippen molar-refractivity contribution in [2.24, 2.45) is 0 Å². The van der Waals surface area contributed by atoms with Gasteiger partial charge in [0, 0.05) is 16.4 Å². The van der Waals surface area contributed by atoms with Crippen LogP contribution in [0.2, 0.25) is 0 Å². The van der Waals surface area contributed by atoms with Crippen molar-refractivity contribution in [2.45, 2.75) is 42.1 Å². The number of hydrogen-bond donors (Lipinski definition) is 1. The summed E-state index contributed by atoms with van der Waals surface area (Å²) in [5.41, 5.74) is 4.19. The molecule has 4 nitrogen and oxygen atoms in total. The highest BCUT2D eigenvalue weighted by Gasteiger charge is 2.27. The van der Waals surface area contributed by atoms with Gasteiger partial charge in [0.25, 0.3) is 0 Å². The second-order valence-electron chi connectivity index (χ2n) is 7.45. The minimum absolute atomic E-state index is 0.0630. The molecule has 1 saturated carbocycles. The summed E-state index contributed by atoms with van der Waals surface area (Å²) in [5.74, 6) is 0.788. The van der Waals surface area contributed by atoms with Crippen LogP contribution in [0.5, 0.6) is 5.75 Å². The summed E-state index contributed by atoms with van der Waals surface area (Å²) in [6, 6.07) is 22.1. The fourth-order valence-electron chi connectivity index (χ4n) is 3.83. The summed E-state index contributed by atoms with van der Waals surface area (Å²) in [4.78, 5) is 4.87. The molecule has 152 valence electrons. The monoisotopic (exact) mass is 416 g/mol. The van der Waals surface area contributed by atoms with Gasteiger partial charge in [0.15, 0.2) is 0 Å². The Bertz CT molecular complexity index is 1050. The number of hydrogen-bond acceptors (Lipinski definition) is 5. The van der Waals surface area contributed by atoms with Gasteiger partial charge in [-0.3, -0.25) is 0 Å². The average molecular weight is 417 g/mol. The number of thioether (sulfide) groups is 1. The Kier molecular flexibility index (Phi) is 6.37. The van der Waals surface area contributed by atoms with Gasteiger partial charge in [0.05, 0.1) is 24.5 Å². The van der Waals surface area contributed by atoms with Gasteiger partial charge in [-0.2, -0.15) is 5.26 Å². The second-order valence-corrected chi connectivity index (χ2v) is 8.68. The first kappa shape index (κ1) is 20.5. The first-order valence-electron chi connectivity index (χ1n) is 10.2. The van der Waals surface area contributed by atoms with Crippen LogP contribution in [0.15, 0.2) is 65.7 Å². The van der Waals surface area contributed by atoms with Crippen molar-refractivity contribution in [1.29, 1.82) is 5.26 Å². The maximum absolute atomic E-state index is 10.5. The van der Waals surface area contributed by atoms with E-state index in [0.717, 1.165) is 53.8 Å². The molecule has 2 atom stereocenters. The van der Waals surface area contributed by atoms with Crippen LogP contribution in [-0.2, 0) is 0 Å². The molecule has 0 bridgehead atoms. The normalized spacial score (nSPS) is 18.6. The number of nitriles is 1. The molecule has 0 spiro atoms. The predicted molar refractivity (Wildman–Crippen MR) is 120 cm³/mol. The molecule has 0 amide bonds. The van der Waals surface area contributed by atoms with E-state index in [1.165, 1.54) is 0 Å². The van der Waals surface area contributed by atoms with Crippen molar-refractivity contribution < 1.29 is 9.84 Å². The van der Waals surface area contributed by atoms with E-state index in [1.54, 1.807) is 18.9 Å². The van der Waals surface area contributed by atoms with Gasteiger partial charge < -0.3 is 9.84 Å². The van der Waals surface area contributed by atoms with Crippen molar-refractivity contribution in [2.75, 3.05) is 7.11 Å². The highest BCUT2D eigenvalue weighted by atomic mass is 32.2. The summed E-state index contributed by atoms with van der Waals surface area (Å²) >= 11 is 1.54. The van der Waals surface area contributed by atoms with Crippen molar-refractivity contribution >= 4 is 11.8 Å². The van der Waals surface area contributed by atoms with E-state index in [9.17, 15) is 10.4 Å². The minimum atomic E-state index is -0.359. The highest BCUT2D eigenvalue weighted by molar-refractivity contribution is 8.00. The number of ether oxygens (including phenoxy) is 1. The highest BCUT2D eigenvalue weighted by Crippen LogP contribution is 2.39. The Balaban J connectivity index is 1.83. The zero-order valence-electron chi connectivity index (χ0n) is 16.9. The maximum atomic E-state index is 10.5. The van der Waals surface area contributed by atoms with Crippen LogP contribution < -0.4 is 4.74 Å². The number of methoxy groups -OCH3 is 1. The summed E-state index contributed by atoms with van der Waals surface area (Å²) in [7, 11) is 1.65.